The van der Waals surface area contributed by atoms with Gasteiger partial charge in [0.2, 0.25) is 0 Å². The number of unbranched alkanes of at least 4 members (excludes halogenated alkanes) is 1. The Morgan fingerprint density at radius 3 is 2.33 bits per heavy atom. The Morgan fingerprint density at radius 1 is 1.00 bits per heavy atom. The number of aromatic nitrogens is 1. The number of rotatable bonds is 14. The molecule has 0 spiro atoms. The lowest BCUT2D eigenvalue weighted by Gasteiger charge is -2.19. The van der Waals surface area contributed by atoms with E-state index in [-0.39, 0.29) is 0 Å². The first-order valence-corrected chi connectivity index (χ1v) is 20.0. The molecule has 0 radical (unpaired) electrons. The average Bonchev–Trinajstić information content (AvgIpc) is 3.71. The molecule has 0 aliphatic carbocycles. The molecule has 286 valence electrons. The van der Waals surface area contributed by atoms with Crippen LogP contribution in [-0.2, 0) is 19.5 Å². The highest BCUT2D eigenvalue weighted by Gasteiger charge is 2.16. The Labute approximate surface area is 327 Å². The Balaban J connectivity index is 0.00000122. The maximum atomic E-state index is 10.00. The Kier molecular flexibility index (Phi) is 18.5. The summed E-state index contributed by atoms with van der Waals surface area (Å²) in [6.45, 7) is 25.2. The van der Waals surface area contributed by atoms with Gasteiger partial charge in [-0.15, -0.1) is 0 Å². The van der Waals surface area contributed by atoms with E-state index >= 15 is 0 Å². The average molecular weight is 724 g/mol. The third-order valence-electron chi connectivity index (χ3n) is 10.3. The monoisotopic (exact) mass is 724 g/mol. The van der Waals surface area contributed by atoms with Crippen molar-refractivity contribution in [1.29, 1.82) is 5.26 Å². The van der Waals surface area contributed by atoms with Crippen molar-refractivity contribution in [1.82, 2.24) is 9.88 Å². The minimum atomic E-state index is 0.469. The summed E-state index contributed by atoms with van der Waals surface area (Å²) in [5.74, 6) is 0.469. The van der Waals surface area contributed by atoms with E-state index < -0.39 is 0 Å². The summed E-state index contributed by atoms with van der Waals surface area (Å²) in [4.78, 5) is 7.34. The highest BCUT2D eigenvalue weighted by atomic mass is 15.1. The van der Waals surface area contributed by atoms with Crippen LogP contribution in [0.1, 0.15) is 130 Å². The largest absolute Gasteiger partial charge is 0.405 e. The SMILES string of the molecule is C/C=C/C.C=C(Cc1ccc(CN2CCCC2)cc1C#N)c1cccc(-c2cccc(NCc3ncc(C(C)CCCC)cc3/C=C\N)c2C)c1C.CC. The van der Waals surface area contributed by atoms with E-state index in [0.717, 1.165) is 65.3 Å². The predicted molar refractivity (Wildman–Crippen MR) is 234 cm³/mol. The summed E-state index contributed by atoms with van der Waals surface area (Å²) in [7, 11) is 0. The zero-order chi connectivity index (χ0) is 39.5. The first kappa shape index (κ1) is 43.5. The van der Waals surface area contributed by atoms with Crippen LogP contribution in [0.2, 0.25) is 0 Å². The molecule has 1 aliphatic heterocycles. The van der Waals surface area contributed by atoms with Gasteiger partial charge in [0, 0.05) is 18.4 Å². The fourth-order valence-electron chi connectivity index (χ4n) is 6.98. The number of nitrogens with zero attached hydrogens (tertiary/aromatic N) is 3. The van der Waals surface area contributed by atoms with Crippen molar-refractivity contribution < 1.29 is 0 Å². The van der Waals surface area contributed by atoms with Crippen LogP contribution < -0.4 is 11.1 Å². The summed E-state index contributed by atoms with van der Waals surface area (Å²) < 4.78 is 0. The molecular weight excluding hydrogens is 659 g/mol. The van der Waals surface area contributed by atoms with Gasteiger partial charge in [0.15, 0.2) is 0 Å². The van der Waals surface area contributed by atoms with Crippen LogP contribution in [0, 0.1) is 25.2 Å². The van der Waals surface area contributed by atoms with Gasteiger partial charge < -0.3 is 11.1 Å². The smallest absolute Gasteiger partial charge is 0.0994 e. The van der Waals surface area contributed by atoms with Crippen LogP contribution in [0.15, 0.2) is 91.8 Å². The van der Waals surface area contributed by atoms with E-state index in [1.54, 1.807) is 6.20 Å². The van der Waals surface area contributed by atoms with Crippen molar-refractivity contribution in [2.45, 2.75) is 113 Å². The van der Waals surface area contributed by atoms with Crippen LogP contribution in [-0.4, -0.2) is 23.0 Å². The lowest BCUT2D eigenvalue weighted by atomic mass is 9.88. The quantitative estimate of drug-likeness (QED) is 0.127. The van der Waals surface area contributed by atoms with Crippen molar-refractivity contribution >= 4 is 17.3 Å². The molecule has 54 heavy (non-hydrogen) atoms. The zero-order valence-electron chi connectivity index (χ0n) is 34.4. The zero-order valence-corrected chi connectivity index (χ0v) is 34.4. The lowest BCUT2D eigenvalue weighted by Crippen LogP contribution is -2.18. The molecule has 5 rings (SSSR count). The molecule has 2 heterocycles. The first-order valence-electron chi connectivity index (χ1n) is 20.0. The van der Waals surface area contributed by atoms with Gasteiger partial charge in [-0.25, -0.2) is 0 Å². The van der Waals surface area contributed by atoms with Crippen LogP contribution in [0.4, 0.5) is 5.69 Å². The van der Waals surface area contributed by atoms with Crippen molar-refractivity contribution in [2.75, 3.05) is 18.4 Å². The molecule has 5 nitrogen and oxygen atoms in total. The summed E-state index contributed by atoms with van der Waals surface area (Å²) in [6.07, 6.45) is 16.3. The molecule has 1 fully saturated rings. The second-order valence-electron chi connectivity index (χ2n) is 14.1. The maximum absolute atomic E-state index is 10.00. The highest BCUT2D eigenvalue weighted by molar-refractivity contribution is 5.81. The van der Waals surface area contributed by atoms with Gasteiger partial charge in [-0.3, -0.25) is 9.88 Å². The normalized spacial score (nSPS) is 13.2. The topological polar surface area (TPSA) is 78.0 Å². The number of benzene rings is 3. The Bertz CT molecular complexity index is 1880. The molecule has 1 unspecified atom stereocenters. The number of pyridine rings is 1. The van der Waals surface area contributed by atoms with Crippen LogP contribution in [0.5, 0.6) is 0 Å². The first-order chi connectivity index (χ1) is 26.2. The molecule has 1 saturated heterocycles. The molecular formula is C49H65N5. The van der Waals surface area contributed by atoms with Crippen molar-refractivity contribution in [3.8, 4) is 17.2 Å². The second-order valence-corrected chi connectivity index (χ2v) is 14.1. The number of nitriles is 1. The molecule has 1 aliphatic rings. The van der Waals surface area contributed by atoms with Crippen LogP contribution in [0.25, 0.3) is 22.8 Å². The number of hydrogen-bond donors (Lipinski definition) is 2. The molecule has 3 N–H and O–H groups in total. The predicted octanol–water partition coefficient (Wildman–Crippen LogP) is 12.5. The van der Waals surface area contributed by atoms with E-state index in [9.17, 15) is 5.26 Å². The van der Waals surface area contributed by atoms with Crippen molar-refractivity contribution in [3.63, 3.8) is 0 Å². The van der Waals surface area contributed by atoms with Gasteiger partial charge in [0.1, 0.15) is 0 Å². The minimum absolute atomic E-state index is 0.469. The fourth-order valence-corrected chi connectivity index (χ4v) is 6.98. The number of likely N-dealkylation sites (tertiary alicyclic amines) is 1. The summed E-state index contributed by atoms with van der Waals surface area (Å²) in [6, 6.07) is 24.0. The number of hydrogen-bond acceptors (Lipinski definition) is 5. The van der Waals surface area contributed by atoms with Gasteiger partial charge in [0.25, 0.3) is 0 Å². The van der Waals surface area contributed by atoms with Gasteiger partial charge in [-0.1, -0.05) is 102 Å². The fraction of sp³-hybridized carbons (Fsp3) is 0.388. The maximum Gasteiger partial charge on any atom is 0.0994 e. The van der Waals surface area contributed by atoms with E-state index in [2.05, 4.69) is 111 Å². The van der Waals surface area contributed by atoms with E-state index in [1.165, 1.54) is 59.1 Å². The Hall–Kier alpha value is -4.92. The Morgan fingerprint density at radius 2 is 1.69 bits per heavy atom. The molecule has 0 amide bonds. The summed E-state index contributed by atoms with van der Waals surface area (Å²) in [5, 5.41) is 13.7. The van der Waals surface area contributed by atoms with E-state index in [0.29, 0.717) is 18.9 Å². The lowest BCUT2D eigenvalue weighted by molar-refractivity contribution is 0.331. The van der Waals surface area contributed by atoms with Crippen LogP contribution in [0.3, 0.4) is 0 Å². The molecule has 5 heteroatoms. The highest BCUT2D eigenvalue weighted by Crippen LogP contribution is 2.35. The number of nitrogens with one attached hydrogen (secondary N) is 1. The van der Waals surface area contributed by atoms with Crippen LogP contribution >= 0.6 is 0 Å². The minimum Gasteiger partial charge on any atom is -0.405 e. The number of anilines is 1. The molecule has 0 bridgehead atoms. The van der Waals surface area contributed by atoms with Gasteiger partial charge in [-0.2, -0.15) is 5.26 Å². The molecule has 3 aromatic carbocycles. The number of allylic oxidation sites excluding steroid dienone is 3. The van der Waals surface area contributed by atoms with Crippen molar-refractivity contribution in [2.24, 2.45) is 5.73 Å². The number of nitrogens with two attached hydrogens (primary N) is 1. The summed E-state index contributed by atoms with van der Waals surface area (Å²) in [5.41, 5.74) is 20.1. The molecule has 4 aromatic rings. The molecule has 1 aromatic heterocycles. The van der Waals surface area contributed by atoms with E-state index in [1.807, 2.05) is 52.1 Å². The van der Waals surface area contributed by atoms with Gasteiger partial charge in [0.05, 0.1) is 23.9 Å². The van der Waals surface area contributed by atoms with Crippen molar-refractivity contribution in [3.05, 3.63) is 142 Å². The standard InChI is InChI=1S/C43H51N5.C4H8.C2H6/c1-6-7-12-30(2)38-25-36(19-20-44)43(46-27-38)28-47-42-16-11-15-41(33(42)5)40-14-10-13-39(32(40)4)31(3)23-35-18-17-34(24-37(35)26-45)29-48-21-8-9-22-48;1-3-4-2;1-2/h10-11,13-20,24-25,27,30,47H,3,6-9,12,21-23,28-29,44H2,1-2,4-5H3;3-4H,1-2H3;1-2H3/b20-19-;4-3+;. The third-order valence-corrected chi connectivity index (χ3v) is 10.3. The van der Waals surface area contributed by atoms with Gasteiger partial charge in [-0.05, 0) is 159 Å². The molecule has 0 saturated carbocycles. The second kappa shape index (κ2) is 23.0. The van der Waals surface area contributed by atoms with E-state index in [4.69, 9.17) is 10.7 Å². The van der Waals surface area contributed by atoms with Gasteiger partial charge >= 0.3 is 0 Å². The summed E-state index contributed by atoms with van der Waals surface area (Å²) >= 11 is 0. The third kappa shape index (κ3) is 12.1. The molecule has 1 atom stereocenters.